The number of halogens is 1. The third kappa shape index (κ3) is 4.39. The van der Waals surface area contributed by atoms with Gasteiger partial charge in [-0.25, -0.2) is 0 Å². The zero-order chi connectivity index (χ0) is 15.1. The van der Waals surface area contributed by atoms with Gasteiger partial charge in [0.15, 0.2) is 0 Å². The second-order valence-corrected chi connectivity index (χ2v) is 4.96. The SMILES string of the molecule is N/C(CCCOc1ccc(-c2ccccc2)cc1Cl)=N\O. The molecule has 0 radical (unpaired) electrons. The van der Waals surface area contributed by atoms with E-state index in [4.69, 9.17) is 27.3 Å². The van der Waals surface area contributed by atoms with Crippen LogP contribution in [0.2, 0.25) is 5.02 Å². The van der Waals surface area contributed by atoms with Crippen molar-refractivity contribution in [2.24, 2.45) is 10.9 Å². The maximum absolute atomic E-state index is 8.44. The van der Waals surface area contributed by atoms with Crippen LogP contribution in [0.4, 0.5) is 0 Å². The minimum absolute atomic E-state index is 0.198. The molecule has 0 atom stereocenters. The summed E-state index contributed by atoms with van der Waals surface area (Å²) in [5.74, 6) is 0.833. The molecular formula is C16H17ClN2O2. The van der Waals surface area contributed by atoms with Crippen molar-refractivity contribution >= 4 is 17.4 Å². The number of nitrogens with zero attached hydrogens (tertiary/aromatic N) is 1. The van der Waals surface area contributed by atoms with Gasteiger partial charge in [-0.3, -0.25) is 0 Å². The summed E-state index contributed by atoms with van der Waals surface area (Å²) in [6.07, 6.45) is 1.14. The Hall–Kier alpha value is -2.20. The van der Waals surface area contributed by atoms with E-state index >= 15 is 0 Å². The summed E-state index contributed by atoms with van der Waals surface area (Å²) in [5.41, 5.74) is 7.54. The molecule has 0 saturated carbocycles. The molecule has 2 aromatic rings. The average molecular weight is 305 g/mol. The summed E-state index contributed by atoms with van der Waals surface area (Å²) in [7, 11) is 0. The maximum atomic E-state index is 8.44. The van der Waals surface area contributed by atoms with Crippen LogP contribution in [0.5, 0.6) is 5.75 Å². The molecule has 2 rings (SSSR count). The molecule has 0 aliphatic heterocycles. The summed E-state index contributed by atoms with van der Waals surface area (Å²) >= 11 is 6.23. The van der Waals surface area contributed by atoms with Gasteiger partial charge in [0.2, 0.25) is 0 Å². The molecule has 0 aliphatic carbocycles. The molecule has 0 aliphatic rings. The second-order valence-electron chi connectivity index (χ2n) is 4.55. The molecule has 2 aromatic carbocycles. The third-order valence-corrected chi connectivity index (χ3v) is 3.30. The normalized spacial score (nSPS) is 11.4. The molecule has 0 bridgehead atoms. The highest BCUT2D eigenvalue weighted by Gasteiger charge is 2.05. The molecule has 0 fully saturated rings. The number of oxime groups is 1. The van der Waals surface area contributed by atoms with E-state index in [0.29, 0.717) is 30.2 Å². The van der Waals surface area contributed by atoms with Gasteiger partial charge >= 0.3 is 0 Å². The summed E-state index contributed by atoms with van der Waals surface area (Å²) in [5, 5.41) is 11.9. The Balaban J connectivity index is 1.97. The van der Waals surface area contributed by atoms with E-state index in [0.717, 1.165) is 11.1 Å². The minimum Gasteiger partial charge on any atom is -0.492 e. The van der Waals surface area contributed by atoms with Crippen LogP contribution in [0.25, 0.3) is 11.1 Å². The van der Waals surface area contributed by atoms with Gasteiger partial charge in [0.05, 0.1) is 11.6 Å². The fourth-order valence-corrected chi connectivity index (χ4v) is 2.15. The Morgan fingerprint density at radius 3 is 2.57 bits per heavy atom. The van der Waals surface area contributed by atoms with Crippen molar-refractivity contribution in [1.82, 2.24) is 0 Å². The first-order valence-electron chi connectivity index (χ1n) is 6.65. The summed E-state index contributed by atoms with van der Waals surface area (Å²) in [6, 6.07) is 15.7. The van der Waals surface area contributed by atoms with Crippen molar-refractivity contribution < 1.29 is 9.94 Å². The van der Waals surface area contributed by atoms with Gasteiger partial charge in [0, 0.05) is 6.42 Å². The molecule has 0 saturated heterocycles. The van der Waals surface area contributed by atoms with Crippen LogP contribution < -0.4 is 10.5 Å². The lowest BCUT2D eigenvalue weighted by molar-refractivity contribution is 0.305. The van der Waals surface area contributed by atoms with Gasteiger partial charge in [-0.1, -0.05) is 53.2 Å². The van der Waals surface area contributed by atoms with E-state index in [1.807, 2.05) is 48.5 Å². The van der Waals surface area contributed by atoms with Crippen LogP contribution in [-0.4, -0.2) is 17.6 Å². The number of amidine groups is 1. The quantitative estimate of drug-likeness (QED) is 0.279. The van der Waals surface area contributed by atoms with E-state index < -0.39 is 0 Å². The molecule has 4 nitrogen and oxygen atoms in total. The van der Waals surface area contributed by atoms with Crippen LogP contribution >= 0.6 is 11.6 Å². The van der Waals surface area contributed by atoms with Crippen molar-refractivity contribution in [3.63, 3.8) is 0 Å². The number of hydrogen-bond acceptors (Lipinski definition) is 3. The van der Waals surface area contributed by atoms with E-state index in [1.54, 1.807) is 0 Å². The maximum Gasteiger partial charge on any atom is 0.139 e. The summed E-state index contributed by atoms with van der Waals surface area (Å²) in [6.45, 7) is 0.459. The number of nitrogens with two attached hydrogens (primary N) is 1. The molecule has 5 heteroatoms. The number of hydrogen-bond donors (Lipinski definition) is 2. The minimum atomic E-state index is 0.198. The molecule has 0 aromatic heterocycles. The Morgan fingerprint density at radius 1 is 1.14 bits per heavy atom. The van der Waals surface area contributed by atoms with Crippen LogP contribution in [0.15, 0.2) is 53.7 Å². The average Bonchev–Trinajstić information content (AvgIpc) is 2.53. The van der Waals surface area contributed by atoms with Gasteiger partial charge < -0.3 is 15.7 Å². The fourth-order valence-electron chi connectivity index (χ4n) is 1.91. The highest BCUT2D eigenvalue weighted by atomic mass is 35.5. The van der Waals surface area contributed by atoms with Gasteiger partial charge in [-0.2, -0.15) is 0 Å². The molecule has 110 valence electrons. The predicted molar refractivity (Wildman–Crippen MR) is 85.0 cm³/mol. The van der Waals surface area contributed by atoms with E-state index in [9.17, 15) is 0 Å². The van der Waals surface area contributed by atoms with Crippen LogP contribution in [0.1, 0.15) is 12.8 Å². The summed E-state index contributed by atoms with van der Waals surface area (Å²) in [4.78, 5) is 0. The smallest absolute Gasteiger partial charge is 0.139 e. The molecule has 3 N–H and O–H groups in total. The lowest BCUT2D eigenvalue weighted by atomic mass is 10.1. The topological polar surface area (TPSA) is 67.8 Å². The zero-order valence-electron chi connectivity index (χ0n) is 11.5. The van der Waals surface area contributed by atoms with E-state index in [1.165, 1.54) is 0 Å². The first-order chi connectivity index (χ1) is 10.2. The van der Waals surface area contributed by atoms with E-state index in [-0.39, 0.29) is 5.84 Å². The molecule has 0 amide bonds. The van der Waals surface area contributed by atoms with Gasteiger partial charge in [-0.15, -0.1) is 0 Å². The first kappa shape index (κ1) is 15.2. The lowest BCUT2D eigenvalue weighted by Gasteiger charge is -2.09. The van der Waals surface area contributed by atoms with Gasteiger partial charge in [0.1, 0.15) is 11.6 Å². The van der Waals surface area contributed by atoms with Gasteiger partial charge in [0.25, 0.3) is 0 Å². The van der Waals surface area contributed by atoms with Crippen LogP contribution in [-0.2, 0) is 0 Å². The zero-order valence-corrected chi connectivity index (χ0v) is 12.3. The highest BCUT2D eigenvalue weighted by Crippen LogP contribution is 2.30. The number of benzene rings is 2. The van der Waals surface area contributed by atoms with Crippen molar-refractivity contribution in [2.75, 3.05) is 6.61 Å². The third-order valence-electron chi connectivity index (χ3n) is 3.00. The molecule has 21 heavy (non-hydrogen) atoms. The lowest BCUT2D eigenvalue weighted by Crippen LogP contribution is -2.12. The number of rotatable bonds is 6. The molecule has 0 spiro atoms. The Morgan fingerprint density at radius 2 is 1.90 bits per heavy atom. The molecule has 0 unspecified atom stereocenters. The first-order valence-corrected chi connectivity index (χ1v) is 7.02. The van der Waals surface area contributed by atoms with Gasteiger partial charge in [-0.05, 0) is 29.7 Å². The van der Waals surface area contributed by atoms with Crippen molar-refractivity contribution in [1.29, 1.82) is 0 Å². The fraction of sp³-hybridized carbons (Fsp3) is 0.188. The highest BCUT2D eigenvalue weighted by molar-refractivity contribution is 6.32. The largest absolute Gasteiger partial charge is 0.492 e. The van der Waals surface area contributed by atoms with Crippen LogP contribution in [0, 0.1) is 0 Å². The standard InChI is InChI=1S/C16H17ClN2O2/c17-14-11-13(12-5-2-1-3-6-12)8-9-15(14)21-10-4-7-16(18)19-20/h1-3,5-6,8-9,11,20H,4,7,10H2,(H2,18,19). The van der Waals surface area contributed by atoms with Crippen molar-refractivity contribution in [3.8, 4) is 16.9 Å². The van der Waals surface area contributed by atoms with E-state index in [2.05, 4.69) is 5.16 Å². The van der Waals surface area contributed by atoms with Crippen molar-refractivity contribution in [3.05, 3.63) is 53.6 Å². The second kappa shape index (κ2) is 7.55. The Kier molecular flexibility index (Phi) is 5.46. The van der Waals surface area contributed by atoms with Crippen LogP contribution in [0.3, 0.4) is 0 Å². The summed E-state index contributed by atoms with van der Waals surface area (Å²) < 4.78 is 5.60. The predicted octanol–water partition coefficient (Wildman–Crippen LogP) is 3.91. The Labute approximate surface area is 128 Å². The number of ether oxygens (including phenoxy) is 1. The Bertz CT molecular complexity index is 615. The molecule has 0 heterocycles. The molecular weight excluding hydrogens is 288 g/mol. The van der Waals surface area contributed by atoms with Crippen molar-refractivity contribution in [2.45, 2.75) is 12.8 Å². The monoisotopic (exact) mass is 304 g/mol.